The molecule has 8 nitrogen and oxygen atoms in total. The number of hydrogen-bond acceptors (Lipinski definition) is 6. The van der Waals surface area contributed by atoms with Crippen molar-refractivity contribution < 1.29 is 29.0 Å². The van der Waals surface area contributed by atoms with Crippen LogP contribution in [0, 0.1) is 68.0 Å². The van der Waals surface area contributed by atoms with E-state index in [1.54, 1.807) is 24.3 Å². The number of amides is 1. The van der Waals surface area contributed by atoms with E-state index in [0.29, 0.717) is 47.0 Å². The van der Waals surface area contributed by atoms with Crippen LogP contribution in [-0.4, -0.2) is 53.5 Å². The zero-order valence-corrected chi connectivity index (χ0v) is 38.8. The van der Waals surface area contributed by atoms with Gasteiger partial charge in [-0.2, -0.15) is 0 Å². The quantitative estimate of drug-likeness (QED) is 0.150. The van der Waals surface area contributed by atoms with Crippen LogP contribution in [-0.2, 0) is 19.1 Å². The summed E-state index contributed by atoms with van der Waals surface area (Å²) in [6.07, 6.45) is 13.4. The molecule has 1 aromatic rings. The van der Waals surface area contributed by atoms with E-state index < -0.39 is 17.3 Å². The Morgan fingerprint density at radius 1 is 0.833 bits per heavy atom. The van der Waals surface area contributed by atoms with Crippen LogP contribution in [0.1, 0.15) is 163 Å². The van der Waals surface area contributed by atoms with Gasteiger partial charge in [0.2, 0.25) is 0 Å². The summed E-state index contributed by atoms with van der Waals surface area (Å²) in [7, 11) is 0. The number of nitrogens with one attached hydrogen (secondary N) is 2. The summed E-state index contributed by atoms with van der Waals surface area (Å²) in [6.45, 7) is 22.3. The average molecular weight is 846 g/mol. The first kappa shape index (κ1) is 43.9. The van der Waals surface area contributed by atoms with Gasteiger partial charge in [-0.3, -0.25) is 19.2 Å². The summed E-state index contributed by atoms with van der Waals surface area (Å²) in [5.41, 5.74) is 2.42. The van der Waals surface area contributed by atoms with Gasteiger partial charge in [-0.05, 0) is 165 Å². The van der Waals surface area contributed by atoms with Crippen LogP contribution in [0.2, 0.25) is 5.02 Å². The number of hydrogen-bond donors (Lipinski definition) is 3. The number of halogens is 1. The molecule has 60 heavy (non-hydrogen) atoms. The highest BCUT2D eigenvalue weighted by Crippen LogP contribution is 2.77. The summed E-state index contributed by atoms with van der Waals surface area (Å²) < 4.78 is 6.45. The third-order valence-corrected chi connectivity index (χ3v) is 19.9. The highest BCUT2D eigenvalue weighted by atomic mass is 35.5. The van der Waals surface area contributed by atoms with Crippen molar-refractivity contribution in [1.29, 1.82) is 0 Å². The van der Waals surface area contributed by atoms with Gasteiger partial charge < -0.3 is 20.5 Å². The summed E-state index contributed by atoms with van der Waals surface area (Å²) in [5.74, 6) is -0.0521. The number of ketones is 1. The van der Waals surface area contributed by atoms with Gasteiger partial charge in [-0.1, -0.05) is 79.5 Å². The van der Waals surface area contributed by atoms with Crippen LogP contribution in [0.5, 0.6) is 0 Å². The molecular formula is C51H73ClN2O6. The van der Waals surface area contributed by atoms with E-state index in [1.165, 1.54) is 5.57 Å². The highest BCUT2D eigenvalue weighted by molar-refractivity contribution is 6.30. The van der Waals surface area contributed by atoms with Crippen LogP contribution in [0.4, 0.5) is 0 Å². The fourth-order valence-corrected chi connectivity index (χ4v) is 15.8. The molecule has 7 aliphatic carbocycles. The largest absolute Gasteiger partial charge is 0.481 e. The van der Waals surface area contributed by atoms with E-state index in [1.807, 2.05) is 13.8 Å². The van der Waals surface area contributed by atoms with E-state index in [2.05, 4.69) is 59.1 Å². The second-order valence-electron chi connectivity index (χ2n) is 23.3. The maximum Gasteiger partial charge on any atom is 0.309 e. The van der Waals surface area contributed by atoms with Crippen molar-refractivity contribution in [3.63, 3.8) is 0 Å². The van der Waals surface area contributed by atoms with Gasteiger partial charge in [0.1, 0.15) is 6.10 Å². The molecule has 9 heteroatoms. The van der Waals surface area contributed by atoms with E-state index in [-0.39, 0.29) is 62.4 Å². The number of carboxylic acids is 1. The lowest BCUT2D eigenvalue weighted by Gasteiger charge is -2.72. The zero-order chi connectivity index (χ0) is 43.4. The number of esters is 1. The molecule has 330 valence electrons. The van der Waals surface area contributed by atoms with E-state index in [9.17, 15) is 24.3 Å². The van der Waals surface area contributed by atoms with Crippen molar-refractivity contribution in [2.24, 2.45) is 68.0 Å². The highest BCUT2D eigenvalue weighted by Gasteiger charge is 2.70. The molecule has 8 rings (SSSR count). The normalized spacial score (nSPS) is 39.6. The number of carboxylic acid groups (broad SMARTS) is 1. The van der Waals surface area contributed by atoms with Gasteiger partial charge in [0.05, 0.1) is 17.4 Å². The summed E-state index contributed by atoms with van der Waals surface area (Å²) >= 11 is 6.09. The Bertz CT molecular complexity index is 1950. The maximum atomic E-state index is 14.2. The van der Waals surface area contributed by atoms with Gasteiger partial charge in [0.25, 0.3) is 5.91 Å². The van der Waals surface area contributed by atoms with Crippen molar-refractivity contribution >= 4 is 35.2 Å². The Labute approximate surface area is 364 Å². The number of ether oxygens (including phenoxy) is 1. The molecule has 0 heterocycles. The molecule has 0 radical (unpaired) electrons. The lowest BCUT2D eigenvalue weighted by atomic mass is 9.33. The second kappa shape index (κ2) is 14.9. The predicted molar refractivity (Wildman–Crippen MR) is 235 cm³/mol. The van der Waals surface area contributed by atoms with Gasteiger partial charge in [-0.25, -0.2) is 0 Å². The van der Waals surface area contributed by atoms with Crippen LogP contribution >= 0.6 is 11.6 Å². The van der Waals surface area contributed by atoms with Gasteiger partial charge in [0.15, 0.2) is 5.78 Å². The summed E-state index contributed by atoms with van der Waals surface area (Å²) in [5, 5.41) is 17.5. The van der Waals surface area contributed by atoms with Gasteiger partial charge >= 0.3 is 11.9 Å². The fraction of sp³-hybridized carbons (Fsp3) is 0.765. The fourth-order valence-electron chi connectivity index (χ4n) is 15.7. The van der Waals surface area contributed by atoms with Crippen molar-refractivity contribution in [1.82, 2.24) is 10.6 Å². The first-order chi connectivity index (χ1) is 28.1. The van der Waals surface area contributed by atoms with Crippen molar-refractivity contribution in [3.05, 3.63) is 46.0 Å². The summed E-state index contributed by atoms with van der Waals surface area (Å²) in [6, 6.07) is 7.10. The SMILES string of the molecule is CC(C)C1=C2[C@H]3CC[C@@H]4[C@@]5(C)CC[C@H](OC(=O)[C@H]6C[C@@H](C(=O)O)C6(C)C)C(C)(C)[C@@H]5CC[C@@]4(C)[C@]3(C)CC[C@@]2(CCNCC2(NC(=O)c3ccc(Cl)cc3)CCC2)CC1=O. The predicted octanol–water partition coefficient (Wildman–Crippen LogP) is 10.6. The molecule has 0 spiro atoms. The number of carbonyl (C=O) groups is 4. The smallest absolute Gasteiger partial charge is 0.309 e. The van der Waals surface area contributed by atoms with Crippen molar-refractivity contribution in [3.8, 4) is 0 Å². The number of aliphatic carboxylic acids is 1. The van der Waals surface area contributed by atoms with Crippen LogP contribution in [0.3, 0.4) is 0 Å². The molecule has 3 N–H and O–H groups in total. The second-order valence-corrected chi connectivity index (χ2v) is 23.7. The summed E-state index contributed by atoms with van der Waals surface area (Å²) in [4.78, 5) is 52.9. The topological polar surface area (TPSA) is 122 Å². The molecule has 1 aromatic carbocycles. The molecule has 1 amide bonds. The number of Topliss-reactive ketones (excluding diaryl/α,β-unsaturated/α-hetero) is 1. The minimum atomic E-state index is -0.824. The number of benzene rings is 1. The number of carbonyl (C=O) groups excluding carboxylic acids is 3. The van der Waals surface area contributed by atoms with Crippen LogP contribution < -0.4 is 10.6 Å². The van der Waals surface area contributed by atoms with Crippen LogP contribution in [0.15, 0.2) is 35.4 Å². The first-order valence-corrected chi connectivity index (χ1v) is 23.9. The molecule has 10 atom stereocenters. The molecule has 0 unspecified atom stereocenters. The Morgan fingerprint density at radius 3 is 2.15 bits per heavy atom. The van der Waals surface area contributed by atoms with Crippen LogP contribution in [0.25, 0.3) is 0 Å². The zero-order valence-electron chi connectivity index (χ0n) is 38.0. The molecule has 6 saturated carbocycles. The van der Waals surface area contributed by atoms with Crippen molar-refractivity contribution in [2.45, 2.75) is 164 Å². The molecule has 0 aromatic heterocycles. The number of rotatable bonds is 11. The Balaban J connectivity index is 0.978. The third-order valence-electron chi connectivity index (χ3n) is 19.7. The van der Waals surface area contributed by atoms with E-state index >= 15 is 0 Å². The van der Waals surface area contributed by atoms with E-state index in [0.717, 1.165) is 95.7 Å². The molecule has 7 aliphatic rings. The average Bonchev–Trinajstić information content (AvgIpc) is 3.45. The minimum Gasteiger partial charge on any atom is -0.481 e. The maximum absolute atomic E-state index is 14.2. The third kappa shape index (κ3) is 6.59. The molecule has 6 fully saturated rings. The van der Waals surface area contributed by atoms with Gasteiger partial charge in [-0.15, -0.1) is 0 Å². The molecular weight excluding hydrogens is 772 g/mol. The van der Waals surface area contributed by atoms with E-state index in [4.69, 9.17) is 16.3 Å². The standard InChI is InChI=1S/C51H73ClN2O6/c1-30(2)40-36(55)28-50(25-26-53-29-51(19-10-20-51)54-42(56)31-11-13-32(52)14-12-31)24-23-48(8)33(41(40)50)15-16-38-47(7)21-18-39(46(5,6)37(47)17-22-49(38,48)9)60-44(59)35-27-34(43(57)58)45(35,3)4/h11-14,30,33-35,37-39,53H,10,15-29H2,1-9H3,(H,54,56)(H,57,58)/t33-,34+,35-,37+,38-,39+,47+,48-,49-,50-/m1/s1. The first-order valence-electron chi connectivity index (χ1n) is 23.6. The monoisotopic (exact) mass is 845 g/mol. The van der Waals surface area contributed by atoms with Crippen molar-refractivity contribution in [2.75, 3.05) is 13.1 Å². The molecule has 0 saturated heterocycles. The Kier molecular flexibility index (Phi) is 10.9. The molecule has 0 bridgehead atoms. The lowest BCUT2D eigenvalue weighted by molar-refractivity contribution is -0.236. The number of fused-ring (bicyclic) bond motifs is 7. The van der Waals surface area contributed by atoms with Gasteiger partial charge in [0, 0.05) is 34.4 Å². The number of allylic oxidation sites excluding steroid dienone is 2. The Morgan fingerprint density at radius 2 is 1.53 bits per heavy atom. The molecule has 0 aliphatic heterocycles. The Hall–Kier alpha value is -2.71. The minimum absolute atomic E-state index is 0.0520. The lowest BCUT2D eigenvalue weighted by Crippen LogP contribution is -2.66.